The summed E-state index contributed by atoms with van der Waals surface area (Å²) in [7, 11) is 0. The minimum atomic E-state index is -0.500. The van der Waals surface area contributed by atoms with Crippen molar-refractivity contribution in [3.63, 3.8) is 0 Å². The summed E-state index contributed by atoms with van der Waals surface area (Å²) in [6.07, 6.45) is 1.93. The maximum atomic E-state index is 12.3. The van der Waals surface area contributed by atoms with E-state index >= 15 is 0 Å². The van der Waals surface area contributed by atoms with Gasteiger partial charge >= 0.3 is 6.03 Å². The van der Waals surface area contributed by atoms with Gasteiger partial charge in [-0.05, 0) is 31.6 Å². The first-order valence-electron chi connectivity index (χ1n) is 8.80. The fraction of sp³-hybridized carbons (Fsp3) is 0.938. The summed E-state index contributed by atoms with van der Waals surface area (Å²) < 4.78 is 0. The molecule has 2 heterocycles. The normalized spacial score (nSPS) is 37.2. The van der Waals surface area contributed by atoms with E-state index < -0.39 is 6.10 Å². The van der Waals surface area contributed by atoms with Crippen LogP contribution in [0.4, 0.5) is 4.79 Å². The molecule has 0 aromatic rings. The molecule has 1 saturated carbocycles. The summed E-state index contributed by atoms with van der Waals surface area (Å²) in [5, 5.41) is 19.3. The number of hydrogen-bond acceptors (Lipinski definition) is 4. The van der Waals surface area contributed by atoms with Crippen LogP contribution >= 0.6 is 23.2 Å². The zero-order chi connectivity index (χ0) is 17.4. The molecule has 8 heteroatoms. The summed E-state index contributed by atoms with van der Waals surface area (Å²) in [5.74, 6) is 0.256. The summed E-state index contributed by atoms with van der Waals surface area (Å²) in [5.41, 5.74) is 6.45. The number of piperidine rings is 1. The number of hydrogen-bond donors (Lipinski definition) is 3. The molecule has 0 spiro atoms. The number of carbonyl (C=O) groups is 1. The Hall–Kier alpha value is -0.270. The van der Waals surface area contributed by atoms with Gasteiger partial charge in [0.05, 0.1) is 36.1 Å². The topological polar surface area (TPSA) is 90.0 Å². The highest BCUT2D eigenvalue weighted by molar-refractivity contribution is 6.30. The lowest BCUT2D eigenvalue weighted by Crippen LogP contribution is -2.59. The molecule has 3 aliphatic rings. The Labute approximate surface area is 152 Å². The number of amides is 2. The lowest BCUT2D eigenvalue weighted by Gasteiger charge is -2.44. The molecular formula is C16H27Cl2N3O3. The summed E-state index contributed by atoms with van der Waals surface area (Å²) >= 11 is 12.4. The minimum Gasteiger partial charge on any atom is -0.393 e. The lowest BCUT2D eigenvalue weighted by atomic mass is 9.74. The van der Waals surface area contributed by atoms with Crippen LogP contribution in [0.25, 0.3) is 0 Å². The molecule has 4 N–H and O–H groups in total. The van der Waals surface area contributed by atoms with Crippen molar-refractivity contribution in [3.8, 4) is 0 Å². The smallest absolute Gasteiger partial charge is 0.320 e. The Morgan fingerprint density at radius 1 is 1.04 bits per heavy atom. The molecule has 0 aromatic carbocycles. The van der Waals surface area contributed by atoms with Crippen molar-refractivity contribution in [2.24, 2.45) is 17.6 Å². The fourth-order valence-electron chi connectivity index (χ4n) is 4.17. The Bertz CT molecular complexity index is 456. The van der Waals surface area contributed by atoms with Crippen LogP contribution in [0.15, 0.2) is 0 Å². The molecule has 138 valence electrons. The molecule has 0 radical (unpaired) electrons. The van der Waals surface area contributed by atoms with Gasteiger partial charge in [0.2, 0.25) is 0 Å². The lowest BCUT2D eigenvalue weighted by molar-refractivity contribution is 0.00794. The van der Waals surface area contributed by atoms with Gasteiger partial charge in [0, 0.05) is 25.0 Å². The molecule has 2 aliphatic heterocycles. The Morgan fingerprint density at radius 2 is 1.62 bits per heavy atom. The standard InChI is InChI=1S/C16H27Cl2N3O3/c17-12-5-11(14(23)6-13(12)18)15(19)9-1-3-20(4-2-9)16(24)21-7-10(22)8-21/h9-15,22-23H,1-8,19H2/t11?,12?,13?,14?,15-/m1/s1. The van der Waals surface area contributed by atoms with Gasteiger partial charge in [-0.25, -0.2) is 4.79 Å². The van der Waals surface area contributed by atoms with E-state index in [2.05, 4.69) is 0 Å². The van der Waals surface area contributed by atoms with Crippen molar-refractivity contribution >= 4 is 29.2 Å². The van der Waals surface area contributed by atoms with Crippen molar-refractivity contribution in [1.82, 2.24) is 9.80 Å². The van der Waals surface area contributed by atoms with E-state index in [4.69, 9.17) is 28.9 Å². The third-order valence-corrected chi connectivity index (χ3v) is 6.93. The van der Waals surface area contributed by atoms with Gasteiger partial charge in [0.25, 0.3) is 0 Å². The zero-order valence-corrected chi connectivity index (χ0v) is 15.2. The van der Waals surface area contributed by atoms with Crippen LogP contribution in [0.3, 0.4) is 0 Å². The first-order valence-corrected chi connectivity index (χ1v) is 9.67. The number of urea groups is 1. The summed E-state index contributed by atoms with van der Waals surface area (Å²) in [4.78, 5) is 15.8. The predicted molar refractivity (Wildman–Crippen MR) is 93.3 cm³/mol. The van der Waals surface area contributed by atoms with Crippen LogP contribution in [0.2, 0.25) is 0 Å². The Morgan fingerprint density at radius 3 is 2.21 bits per heavy atom. The molecule has 3 fully saturated rings. The highest BCUT2D eigenvalue weighted by atomic mass is 35.5. The molecule has 4 unspecified atom stereocenters. The quantitative estimate of drug-likeness (QED) is 0.619. The molecule has 6 nitrogen and oxygen atoms in total. The van der Waals surface area contributed by atoms with Crippen LogP contribution in [0.1, 0.15) is 25.7 Å². The maximum absolute atomic E-state index is 12.3. The second kappa shape index (κ2) is 7.54. The number of carbonyl (C=O) groups excluding carboxylic acids is 1. The number of β-amino-alcohol motifs (C(OH)–C–C–N with tert-alkyl or cyclic N) is 1. The van der Waals surface area contributed by atoms with Crippen molar-refractivity contribution in [3.05, 3.63) is 0 Å². The van der Waals surface area contributed by atoms with E-state index in [-0.39, 0.29) is 40.8 Å². The molecule has 5 atom stereocenters. The number of aliphatic hydroxyl groups excluding tert-OH is 2. The van der Waals surface area contributed by atoms with E-state index in [1.165, 1.54) is 0 Å². The Kier molecular flexibility index (Phi) is 5.82. The number of halogens is 2. The second-order valence-corrected chi connectivity index (χ2v) is 8.60. The zero-order valence-electron chi connectivity index (χ0n) is 13.7. The van der Waals surface area contributed by atoms with Crippen molar-refractivity contribution in [2.75, 3.05) is 26.2 Å². The maximum Gasteiger partial charge on any atom is 0.320 e. The highest BCUT2D eigenvalue weighted by Crippen LogP contribution is 2.37. The van der Waals surface area contributed by atoms with Gasteiger partial charge in [0.15, 0.2) is 0 Å². The fourth-order valence-corrected chi connectivity index (χ4v) is 4.76. The molecule has 0 aromatic heterocycles. The largest absolute Gasteiger partial charge is 0.393 e. The van der Waals surface area contributed by atoms with Crippen LogP contribution < -0.4 is 5.73 Å². The van der Waals surface area contributed by atoms with Gasteiger partial charge in [-0.15, -0.1) is 23.2 Å². The van der Waals surface area contributed by atoms with Crippen LogP contribution in [0, 0.1) is 11.8 Å². The monoisotopic (exact) mass is 379 g/mol. The first-order chi connectivity index (χ1) is 11.4. The second-order valence-electron chi connectivity index (χ2n) is 7.48. The molecule has 0 bridgehead atoms. The van der Waals surface area contributed by atoms with E-state index in [0.29, 0.717) is 39.0 Å². The third kappa shape index (κ3) is 3.78. The van der Waals surface area contributed by atoms with E-state index in [0.717, 1.165) is 12.8 Å². The summed E-state index contributed by atoms with van der Waals surface area (Å²) in [6, 6.07) is -0.107. The van der Waals surface area contributed by atoms with Gasteiger partial charge in [-0.2, -0.15) is 0 Å². The molecule has 3 rings (SSSR count). The minimum absolute atomic E-state index is 0.0100. The number of aliphatic hydroxyl groups is 2. The number of alkyl halides is 2. The van der Waals surface area contributed by atoms with E-state index in [1.54, 1.807) is 4.90 Å². The van der Waals surface area contributed by atoms with Gasteiger partial charge in [-0.1, -0.05) is 0 Å². The first kappa shape index (κ1) is 18.5. The van der Waals surface area contributed by atoms with Crippen molar-refractivity contribution in [1.29, 1.82) is 0 Å². The third-order valence-electron chi connectivity index (χ3n) is 5.83. The Balaban J connectivity index is 1.50. The molecule has 24 heavy (non-hydrogen) atoms. The number of likely N-dealkylation sites (tertiary alicyclic amines) is 2. The number of rotatable bonds is 2. The molecule has 2 amide bonds. The number of nitrogens with two attached hydrogens (primary N) is 1. The summed E-state index contributed by atoms with van der Waals surface area (Å²) in [6.45, 7) is 2.22. The molecule has 1 aliphatic carbocycles. The van der Waals surface area contributed by atoms with Crippen LogP contribution in [-0.4, -0.2) is 81.2 Å². The average molecular weight is 380 g/mol. The molecular weight excluding hydrogens is 353 g/mol. The van der Waals surface area contributed by atoms with Crippen molar-refractivity contribution < 1.29 is 15.0 Å². The van der Waals surface area contributed by atoms with Crippen molar-refractivity contribution in [2.45, 2.75) is 54.7 Å². The van der Waals surface area contributed by atoms with E-state index in [1.807, 2.05) is 4.90 Å². The predicted octanol–water partition coefficient (Wildman–Crippen LogP) is 0.808. The van der Waals surface area contributed by atoms with Gasteiger partial charge in [-0.3, -0.25) is 0 Å². The van der Waals surface area contributed by atoms with Gasteiger partial charge < -0.3 is 25.7 Å². The van der Waals surface area contributed by atoms with E-state index in [9.17, 15) is 15.0 Å². The highest BCUT2D eigenvalue weighted by Gasteiger charge is 2.41. The van der Waals surface area contributed by atoms with Crippen LogP contribution in [-0.2, 0) is 0 Å². The molecule has 2 saturated heterocycles. The SMILES string of the molecule is N[C@H](C1CCN(C(=O)N2CC(O)C2)CC1)C1CC(Cl)C(Cl)CC1O. The van der Waals surface area contributed by atoms with Gasteiger partial charge in [0.1, 0.15) is 0 Å². The van der Waals surface area contributed by atoms with Crippen LogP contribution in [0.5, 0.6) is 0 Å². The number of nitrogens with zero attached hydrogens (tertiary/aromatic N) is 2. The average Bonchev–Trinajstić information content (AvgIpc) is 2.54.